The normalized spacial score (nSPS) is 24.2. The van der Waals surface area contributed by atoms with Crippen LogP contribution in [0.1, 0.15) is 49.0 Å². The maximum Gasteiger partial charge on any atom is 0.373 e. The molecule has 0 spiro atoms. The average Bonchev–Trinajstić information content (AvgIpc) is 2.38. The highest BCUT2D eigenvalue weighted by Gasteiger charge is 2.29. The Morgan fingerprint density at radius 2 is 2.00 bits per heavy atom. The van der Waals surface area contributed by atoms with Crippen LogP contribution >= 0.6 is 0 Å². The minimum Gasteiger partial charge on any atom is -0.292 e. The van der Waals surface area contributed by atoms with Crippen molar-refractivity contribution >= 4 is 5.97 Å². The molecule has 0 N–H and O–H groups in total. The van der Waals surface area contributed by atoms with Crippen LogP contribution in [-0.2, 0) is 9.78 Å². The zero-order chi connectivity index (χ0) is 13.8. The van der Waals surface area contributed by atoms with E-state index in [2.05, 4.69) is 13.8 Å². The lowest BCUT2D eigenvalue weighted by Crippen LogP contribution is -2.23. The monoisotopic (exact) mass is 261 g/mol. The van der Waals surface area contributed by atoms with Crippen LogP contribution in [0.25, 0.3) is 0 Å². The van der Waals surface area contributed by atoms with Gasteiger partial charge in [-0.1, -0.05) is 32.0 Å². The molecule has 1 aromatic carbocycles. The molecule has 19 heavy (non-hydrogen) atoms. The lowest BCUT2D eigenvalue weighted by Gasteiger charge is -2.29. The minimum absolute atomic E-state index is 0.355. The van der Waals surface area contributed by atoms with E-state index < -0.39 is 5.97 Å². The van der Waals surface area contributed by atoms with Crippen molar-refractivity contribution in [2.75, 3.05) is 0 Å². The number of carbonyl (C=O) groups is 1. The predicted molar refractivity (Wildman–Crippen MR) is 73.1 cm³/mol. The Hall–Kier alpha value is -1.35. The molecule has 2 rings (SSSR count). The van der Waals surface area contributed by atoms with Gasteiger partial charge >= 0.3 is 5.97 Å². The van der Waals surface area contributed by atoms with Gasteiger partial charge in [0.25, 0.3) is 0 Å². The van der Waals surface area contributed by atoms with Crippen molar-refractivity contribution in [3.05, 3.63) is 41.5 Å². The van der Waals surface area contributed by atoms with Gasteiger partial charge in [0.1, 0.15) is 0 Å². The summed E-state index contributed by atoms with van der Waals surface area (Å²) < 4.78 is 0. The first kappa shape index (κ1) is 14.1. The Morgan fingerprint density at radius 1 is 1.26 bits per heavy atom. The molecular weight excluding hydrogens is 240 g/mol. The van der Waals surface area contributed by atoms with Crippen LogP contribution in [-0.4, -0.2) is 5.97 Å². The van der Waals surface area contributed by atoms with Crippen molar-refractivity contribution in [2.24, 2.45) is 11.8 Å². The minimum atomic E-state index is -0.420. The van der Waals surface area contributed by atoms with Crippen LogP contribution in [0.2, 0.25) is 0 Å². The summed E-state index contributed by atoms with van der Waals surface area (Å²) in [6.07, 6.45) is 3.96. The Balaban J connectivity index is 1.89. The second-order valence-corrected chi connectivity index (χ2v) is 5.52. The van der Waals surface area contributed by atoms with E-state index in [1.165, 1.54) is 0 Å². The molecule has 0 aliphatic heterocycles. The van der Waals surface area contributed by atoms with Gasteiger partial charge in [0, 0.05) is 0 Å². The third-order valence-corrected chi connectivity index (χ3v) is 3.78. The fourth-order valence-electron chi connectivity index (χ4n) is 2.55. The number of carbonyl (C=O) groups excluding carboxylic acids is 1. The fraction of sp³-hybridized carbons (Fsp3) is 0.500. The predicted octanol–water partition coefficient (Wildman–Crippen LogP) is 4.07. The zero-order valence-electron chi connectivity index (χ0n) is 11.8. The van der Waals surface area contributed by atoms with Crippen LogP contribution in [0.15, 0.2) is 24.3 Å². The molecule has 2 atom stereocenters. The summed E-state index contributed by atoms with van der Waals surface area (Å²) >= 11 is 0. The Morgan fingerprint density at radius 3 is 2.68 bits per heavy atom. The molecule has 1 aromatic rings. The Kier molecular flexibility index (Phi) is 4.59. The van der Waals surface area contributed by atoms with Gasteiger partial charge in [-0.25, -0.2) is 4.79 Å². The SMILES string of the molecule is Cc1ccccc1C(=O)OO[C]1CCC(C)CC1C. The van der Waals surface area contributed by atoms with E-state index in [9.17, 15) is 4.79 Å². The van der Waals surface area contributed by atoms with E-state index >= 15 is 0 Å². The van der Waals surface area contributed by atoms with Gasteiger partial charge in [-0.15, -0.1) is 0 Å². The molecular formula is C16H21O3. The highest BCUT2D eigenvalue weighted by molar-refractivity contribution is 5.90. The van der Waals surface area contributed by atoms with E-state index in [4.69, 9.17) is 9.78 Å². The summed E-state index contributed by atoms with van der Waals surface area (Å²) in [6.45, 7) is 6.24. The van der Waals surface area contributed by atoms with Crippen molar-refractivity contribution in [3.63, 3.8) is 0 Å². The quantitative estimate of drug-likeness (QED) is 0.607. The standard InChI is InChI=1S/C16H21O3/c1-11-8-9-15(13(3)10-11)18-19-16(17)14-7-5-4-6-12(14)2/h4-7,11,13H,8-10H2,1-3H3. The first-order valence-corrected chi connectivity index (χ1v) is 6.88. The summed E-state index contributed by atoms with van der Waals surface area (Å²) in [6, 6.07) is 7.35. The fourth-order valence-corrected chi connectivity index (χ4v) is 2.55. The van der Waals surface area contributed by atoms with Crippen molar-refractivity contribution in [1.29, 1.82) is 0 Å². The van der Waals surface area contributed by atoms with Crippen LogP contribution in [0, 0.1) is 24.9 Å². The van der Waals surface area contributed by atoms with Gasteiger partial charge in [-0.05, 0) is 49.7 Å². The van der Waals surface area contributed by atoms with Gasteiger partial charge in [-0.2, -0.15) is 4.89 Å². The maximum absolute atomic E-state index is 11.9. The molecule has 0 bridgehead atoms. The van der Waals surface area contributed by atoms with E-state index in [0.29, 0.717) is 11.5 Å². The van der Waals surface area contributed by atoms with Crippen LogP contribution in [0.5, 0.6) is 0 Å². The second-order valence-electron chi connectivity index (χ2n) is 5.52. The Bertz CT molecular complexity index is 441. The van der Waals surface area contributed by atoms with Crippen molar-refractivity contribution in [2.45, 2.75) is 40.0 Å². The number of rotatable bonds is 3. The maximum atomic E-state index is 11.9. The molecule has 2 unspecified atom stereocenters. The molecule has 3 nitrogen and oxygen atoms in total. The Labute approximate surface area is 114 Å². The van der Waals surface area contributed by atoms with E-state index in [1.807, 2.05) is 25.1 Å². The van der Waals surface area contributed by atoms with Gasteiger partial charge in [0.05, 0.1) is 5.56 Å². The lowest BCUT2D eigenvalue weighted by atomic mass is 9.81. The van der Waals surface area contributed by atoms with Gasteiger partial charge < -0.3 is 0 Å². The topological polar surface area (TPSA) is 35.5 Å². The third-order valence-electron chi connectivity index (χ3n) is 3.78. The molecule has 3 heteroatoms. The van der Waals surface area contributed by atoms with Gasteiger partial charge in [0.15, 0.2) is 6.10 Å². The second kappa shape index (κ2) is 6.20. The van der Waals surface area contributed by atoms with Crippen LogP contribution in [0.4, 0.5) is 0 Å². The molecule has 0 heterocycles. The van der Waals surface area contributed by atoms with E-state index in [1.54, 1.807) is 6.07 Å². The number of aryl methyl sites for hydroxylation is 1. The van der Waals surface area contributed by atoms with Gasteiger partial charge in [0.2, 0.25) is 0 Å². The largest absolute Gasteiger partial charge is 0.373 e. The highest BCUT2D eigenvalue weighted by Crippen LogP contribution is 2.35. The van der Waals surface area contributed by atoms with Crippen molar-refractivity contribution in [3.8, 4) is 0 Å². The first-order chi connectivity index (χ1) is 9.08. The summed E-state index contributed by atoms with van der Waals surface area (Å²) in [4.78, 5) is 22.2. The average molecular weight is 261 g/mol. The number of hydrogen-bond donors (Lipinski definition) is 0. The molecule has 0 amide bonds. The molecule has 0 aromatic heterocycles. The number of hydrogen-bond acceptors (Lipinski definition) is 3. The molecule has 0 saturated heterocycles. The zero-order valence-corrected chi connectivity index (χ0v) is 11.8. The summed E-state index contributed by atoms with van der Waals surface area (Å²) in [5.74, 6) is 0.652. The van der Waals surface area contributed by atoms with Gasteiger partial charge in [-0.3, -0.25) is 4.89 Å². The first-order valence-electron chi connectivity index (χ1n) is 6.88. The highest BCUT2D eigenvalue weighted by atomic mass is 17.2. The van der Waals surface area contributed by atoms with E-state index in [0.717, 1.165) is 36.8 Å². The lowest BCUT2D eigenvalue weighted by molar-refractivity contribution is -0.247. The van der Waals surface area contributed by atoms with Crippen LogP contribution in [0.3, 0.4) is 0 Å². The van der Waals surface area contributed by atoms with Crippen molar-refractivity contribution < 1.29 is 14.6 Å². The summed E-state index contributed by atoms with van der Waals surface area (Å²) in [5, 5.41) is 0. The molecule has 1 radical (unpaired) electrons. The molecule has 103 valence electrons. The molecule has 1 saturated carbocycles. The summed E-state index contributed by atoms with van der Waals surface area (Å²) in [7, 11) is 0. The summed E-state index contributed by atoms with van der Waals surface area (Å²) in [5.41, 5.74) is 1.45. The van der Waals surface area contributed by atoms with Crippen molar-refractivity contribution in [1.82, 2.24) is 0 Å². The molecule has 1 aliphatic carbocycles. The third kappa shape index (κ3) is 3.57. The molecule has 1 fully saturated rings. The smallest absolute Gasteiger partial charge is 0.292 e. The number of benzene rings is 1. The van der Waals surface area contributed by atoms with E-state index in [-0.39, 0.29) is 0 Å². The molecule has 1 aliphatic rings. The van der Waals surface area contributed by atoms with Crippen LogP contribution < -0.4 is 0 Å².